The van der Waals surface area contributed by atoms with Crippen molar-refractivity contribution in [3.05, 3.63) is 40.9 Å². The van der Waals surface area contributed by atoms with Gasteiger partial charge in [-0.1, -0.05) is 23.8 Å². The molecule has 0 unspecified atom stereocenters. The van der Waals surface area contributed by atoms with E-state index >= 15 is 0 Å². The highest BCUT2D eigenvalue weighted by Gasteiger charge is 2.46. The van der Waals surface area contributed by atoms with E-state index in [1.54, 1.807) is 0 Å². The summed E-state index contributed by atoms with van der Waals surface area (Å²) in [4.78, 5) is 48.9. The van der Waals surface area contributed by atoms with Gasteiger partial charge in [-0.05, 0) is 31.0 Å². The summed E-state index contributed by atoms with van der Waals surface area (Å²) in [6.07, 6.45) is 4.84. The van der Waals surface area contributed by atoms with Crippen molar-refractivity contribution in [1.29, 1.82) is 0 Å². The summed E-state index contributed by atoms with van der Waals surface area (Å²) in [5.74, 6) is -2.68. The zero-order valence-corrected chi connectivity index (χ0v) is 15.0. The maximum absolute atomic E-state index is 12.3. The number of hydrazine groups is 1. The molecule has 0 saturated carbocycles. The van der Waals surface area contributed by atoms with Gasteiger partial charge in [0.15, 0.2) is 0 Å². The number of hydrogen-bond acceptors (Lipinski definition) is 5. The van der Waals surface area contributed by atoms with Gasteiger partial charge < -0.3 is 5.11 Å². The Morgan fingerprint density at radius 1 is 1.15 bits per heavy atom. The van der Waals surface area contributed by atoms with Crippen LogP contribution in [0.25, 0.3) is 0 Å². The van der Waals surface area contributed by atoms with Crippen LogP contribution in [0.5, 0.6) is 0 Å². The first-order chi connectivity index (χ1) is 12.9. The third kappa shape index (κ3) is 3.95. The molecule has 1 saturated heterocycles. The van der Waals surface area contributed by atoms with Gasteiger partial charge in [-0.25, -0.2) is 4.79 Å². The van der Waals surface area contributed by atoms with E-state index in [1.807, 2.05) is 12.2 Å². The number of carboxylic acids is 1. The highest BCUT2D eigenvalue weighted by atomic mass is 35.5. The molecular formula is C18H18ClN3O5. The topological polar surface area (TPSA) is 116 Å². The number of halogens is 1. The zero-order valence-electron chi connectivity index (χ0n) is 14.3. The van der Waals surface area contributed by atoms with Crippen LogP contribution >= 0.6 is 11.6 Å². The number of aromatic carboxylic acids is 1. The van der Waals surface area contributed by atoms with E-state index in [0.717, 1.165) is 4.90 Å². The van der Waals surface area contributed by atoms with E-state index in [2.05, 4.69) is 10.9 Å². The van der Waals surface area contributed by atoms with Crippen molar-refractivity contribution in [3.63, 3.8) is 0 Å². The number of hydrogen-bond donors (Lipinski definition) is 3. The lowest BCUT2D eigenvalue weighted by Crippen LogP contribution is -2.37. The molecule has 1 aliphatic carbocycles. The number of nitrogens with zero attached hydrogens (tertiary/aromatic N) is 1. The van der Waals surface area contributed by atoms with E-state index < -0.39 is 11.9 Å². The third-order valence-electron chi connectivity index (χ3n) is 4.71. The molecule has 0 radical (unpaired) electrons. The van der Waals surface area contributed by atoms with E-state index in [4.69, 9.17) is 16.7 Å². The Labute approximate surface area is 160 Å². The van der Waals surface area contributed by atoms with E-state index in [1.165, 1.54) is 18.2 Å². The van der Waals surface area contributed by atoms with Crippen LogP contribution in [0, 0.1) is 11.8 Å². The molecule has 3 N–H and O–H groups in total. The highest BCUT2D eigenvalue weighted by molar-refractivity contribution is 6.33. The smallest absolute Gasteiger partial charge is 0.335 e. The summed E-state index contributed by atoms with van der Waals surface area (Å²) in [6, 6.07) is 4.03. The van der Waals surface area contributed by atoms with Crippen molar-refractivity contribution >= 4 is 41.0 Å². The van der Waals surface area contributed by atoms with Gasteiger partial charge in [-0.2, -0.15) is 0 Å². The molecule has 1 aromatic rings. The van der Waals surface area contributed by atoms with Gasteiger partial charge in [-0.15, -0.1) is 0 Å². The summed E-state index contributed by atoms with van der Waals surface area (Å²) in [7, 11) is 0. The molecule has 2 aliphatic rings. The number of nitrogens with one attached hydrogen (secondary N) is 2. The van der Waals surface area contributed by atoms with Crippen molar-refractivity contribution in [2.24, 2.45) is 11.8 Å². The van der Waals surface area contributed by atoms with Crippen molar-refractivity contribution in [2.45, 2.75) is 19.3 Å². The second-order valence-electron chi connectivity index (χ2n) is 6.41. The standard InChI is InChI=1S/C18H18ClN3O5/c19-13-6-5-10(18(26)27)9-14(13)20-21-15(23)7-8-22-16(24)11-3-1-2-4-12(11)17(22)25/h1-2,5-6,9,11-12,20H,3-4,7-8H2,(H,21,23)(H,26,27)/t11-,12-/m0/s1. The summed E-state index contributed by atoms with van der Waals surface area (Å²) >= 11 is 5.96. The molecule has 27 heavy (non-hydrogen) atoms. The lowest BCUT2D eigenvalue weighted by molar-refractivity contribution is -0.140. The Kier molecular flexibility index (Phi) is 5.46. The summed E-state index contributed by atoms with van der Waals surface area (Å²) in [5.41, 5.74) is 5.20. The normalized spacial score (nSPS) is 21.1. The number of carboxylic acid groups (broad SMARTS) is 1. The van der Waals surface area contributed by atoms with Crippen LogP contribution in [0.2, 0.25) is 5.02 Å². The Balaban J connectivity index is 1.53. The first kappa shape index (κ1) is 18.9. The number of imide groups is 1. The molecule has 1 aliphatic heterocycles. The molecule has 9 heteroatoms. The minimum Gasteiger partial charge on any atom is -0.478 e. The van der Waals surface area contributed by atoms with Crippen LogP contribution in [0.15, 0.2) is 30.4 Å². The predicted molar refractivity (Wildman–Crippen MR) is 96.9 cm³/mol. The first-order valence-electron chi connectivity index (χ1n) is 8.46. The van der Waals surface area contributed by atoms with Crippen LogP contribution in [0.1, 0.15) is 29.6 Å². The second kappa shape index (κ2) is 7.79. The fourth-order valence-corrected chi connectivity index (χ4v) is 3.42. The number of carbonyl (C=O) groups excluding carboxylic acids is 3. The van der Waals surface area contributed by atoms with Gasteiger partial charge in [-0.3, -0.25) is 30.1 Å². The summed E-state index contributed by atoms with van der Waals surface area (Å²) < 4.78 is 0. The number of amides is 3. The molecule has 3 rings (SSSR count). The largest absolute Gasteiger partial charge is 0.478 e. The summed E-state index contributed by atoms with van der Waals surface area (Å²) in [5, 5.41) is 9.23. The van der Waals surface area contributed by atoms with Crippen LogP contribution in [0.3, 0.4) is 0 Å². The van der Waals surface area contributed by atoms with Gasteiger partial charge in [0.1, 0.15) is 0 Å². The SMILES string of the molecule is O=C(CCN1C(=O)[C@H]2CC=CC[C@@H]2C1=O)NNc1cc(C(=O)O)ccc1Cl. The van der Waals surface area contributed by atoms with E-state index in [-0.39, 0.29) is 52.9 Å². The van der Waals surface area contributed by atoms with E-state index in [9.17, 15) is 19.2 Å². The minimum atomic E-state index is -1.12. The second-order valence-corrected chi connectivity index (χ2v) is 6.81. The van der Waals surface area contributed by atoms with Crippen LogP contribution in [-0.2, 0) is 14.4 Å². The molecule has 1 fully saturated rings. The molecule has 0 bridgehead atoms. The van der Waals surface area contributed by atoms with Crippen LogP contribution < -0.4 is 10.9 Å². The van der Waals surface area contributed by atoms with Crippen molar-refractivity contribution < 1.29 is 24.3 Å². The number of likely N-dealkylation sites (tertiary alicyclic amines) is 1. The number of allylic oxidation sites excluding steroid dienone is 2. The van der Waals surface area contributed by atoms with Gasteiger partial charge in [0, 0.05) is 13.0 Å². The summed E-state index contributed by atoms with van der Waals surface area (Å²) in [6.45, 7) is 0.00107. The maximum Gasteiger partial charge on any atom is 0.335 e. The molecular weight excluding hydrogens is 374 g/mol. The Hall–Kier alpha value is -2.87. The number of carbonyl (C=O) groups is 4. The van der Waals surface area contributed by atoms with Crippen molar-refractivity contribution in [1.82, 2.24) is 10.3 Å². The Morgan fingerprint density at radius 3 is 2.37 bits per heavy atom. The molecule has 142 valence electrons. The molecule has 8 nitrogen and oxygen atoms in total. The van der Waals surface area contributed by atoms with Gasteiger partial charge in [0.05, 0.1) is 28.1 Å². The molecule has 0 spiro atoms. The number of fused-ring (bicyclic) bond motifs is 1. The van der Waals surface area contributed by atoms with Crippen molar-refractivity contribution in [2.75, 3.05) is 12.0 Å². The zero-order chi connectivity index (χ0) is 19.6. The molecule has 1 aromatic carbocycles. The Morgan fingerprint density at radius 2 is 1.78 bits per heavy atom. The molecule has 1 heterocycles. The lowest BCUT2D eigenvalue weighted by atomic mass is 9.85. The number of benzene rings is 1. The van der Waals surface area contributed by atoms with Crippen molar-refractivity contribution in [3.8, 4) is 0 Å². The number of anilines is 1. The average molecular weight is 392 g/mol. The van der Waals surface area contributed by atoms with Gasteiger partial charge >= 0.3 is 5.97 Å². The van der Waals surface area contributed by atoms with Gasteiger partial charge in [0.25, 0.3) is 0 Å². The highest BCUT2D eigenvalue weighted by Crippen LogP contribution is 2.35. The maximum atomic E-state index is 12.3. The molecule has 2 atom stereocenters. The fraction of sp³-hybridized carbons (Fsp3) is 0.333. The average Bonchev–Trinajstić information content (AvgIpc) is 2.90. The minimum absolute atomic E-state index is 0.00107. The molecule has 3 amide bonds. The van der Waals surface area contributed by atoms with Crippen LogP contribution in [-0.4, -0.2) is 40.2 Å². The van der Waals surface area contributed by atoms with Gasteiger partial charge in [0.2, 0.25) is 17.7 Å². The fourth-order valence-electron chi connectivity index (χ4n) is 3.26. The number of rotatable bonds is 6. The van der Waals surface area contributed by atoms with Crippen LogP contribution in [0.4, 0.5) is 5.69 Å². The Bertz CT molecular complexity index is 812. The predicted octanol–water partition coefficient (Wildman–Crippen LogP) is 1.82. The lowest BCUT2D eigenvalue weighted by Gasteiger charge is -2.15. The third-order valence-corrected chi connectivity index (χ3v) is 5.04. The quantitative estimate of drug-likeness (QED) is 0.387. The molecule has 0 aromatic heterocycles. The van der Waals surface area contributed by atoms with E-state index in [0.29, 0.717) is 12.8 Å². The monoisotopic (exact) mass is 391 g/mol. The first-order valence-corrected chi connectivity index (χ1v) is 8.84.